The highest BCUT2D eigenvalue weighted by Crippen LogP contribution is 2.37. The lowest BCUT2D eigenvalue weighted by Crippen LogP contribution is -2.58. The summed E-state index contributed by atoms with van der Waals surface area (Å²) in [5, 5.41) is 20.3. The van der Waals surface area contributed by atoms with Crippen LogP contribution in [0.5, 0.6) is 5.75 Å². The smallest absolute Gasteiger partial charge is 0.243 e. The van der Waals surface area contributed by atoms with Gasteiger partial charge in [-0.25, -0.2) is 0 Å². The minimum Gasteiger partial charge on any atom is -0.491 e. The summed E-state index contributed by atoms with van der Waals surface area (Å²) in [5.41, 5.74) is 1.71. The van der Waals surface area contributed by atoms with E-state index in [-0.39, 0.29) is 43.1 Å². The van der Waals surface area contributed by atoms with E-state index >= 15 is 0 Å². The van der Waals surface area contributed by atoms with Gasteiger partial charge in [0.15, 0.2) is 0 Å². The first-order chi connectivity index (χ1) is 23.9. The number of amides is 4. The molecule has 0 aromatic heterocycles. The van der Waals surface area contributed by atoms with Crippen LogP contribution in [0.2, 0.25) is 0 Å². The molecule has 0 saturated heterocycles. The lowest BCUT2D eigenvalue weighted by molar-refractivity contribution is -0.143. The molecule has 1 aliphatic carbocycles. The standard InChI is InChI=1S/C40H58N4O6/c1-26(2)20-33(39(48)42-32(21-29-14-8-6-9-15-29)36(46)23-38(47)41-24-27(3)4)43-40(49)34(22-30-16-10-7-11-17-30)44(28(5)45)35-25-50-37-19-13-12-18-31(35)37/h7,10-13,16-19,26-27,29,32-36,46H,6,8-9,14-15,20-25H2,1-5H3,(H,41,47)(H,42,48)(H,43,49)/t32?,33-,34-,35?,36?/m0/s1. The van der Waals surface area contributed by atoms with Gasteiger partial charge in [-0.2, -0.15) is 0 Å². The van der Waals surface area contributed by atoms with E-state index in [9.17, 15) is 24.3 Å². The number of benzene rings is 2. The number of carbonyl (C=O) groups is 4. The lowest BCUT2D eigenvalue weighted by atomic mass is 9.83. The molecule has 3 unspecified atom stereocenters. The molecule has 274 valence electrons. The van der Waals surface area contributed by atoms with Crippen LogP contribution >= 0.6 is 0 Å². The Balaban J connectivity index is 1.58. The number of ether oxygens (including phenoxy) is 1. The molecule has 2 aliphatic rings. The molecule has 0 bridgehead atoms. The van der Waals surface area contributed by atoms with Gasteiger partial charge in [0.25, 0.3) is 0 Å². The number of nitrogens with one attached hydrogen (secondary N) is 3. The molecule has 2 aromatic carbocycles. The molecule has 0 spiro atoms. The SMILES string of the molecule is CC(=O)N(C1COc2ccccc21)[C@@H](Cc1ccccc1)C(=O)N[C@@H](CC(C)C)C(=O)NC(CC1CCCCC1)C(O)CC(=O)NCC(C)C. The summed E-state index contributed by atoms with van der Waals surface area (Å²) in [6.45, 7) is 10.2. The molecule has 10 heteroatoms. The second-order valence-corrected chi connectivity index (χ2v) is 15.0. The Morgan fingerprint density at radius 3 is 2.22 bits per heavy atom. The van der Waals surface area contributed by atoms with Crippen molar-refractivity contribution in [2.24, 2.45) is 17.8 Å². The van der Waals surface area contributed by atoms with Gasteiger partial charge in [0.1, 0.15) is 24.4 Å². The molecular weight excluding hydrogens is 632 g/mol. The normalized spacial score (nSPS) is 18.4. The Labute approximate surface area is 298 Å². The summed E-state index contributed by atoms with van der Waals surface area (Å²) in [5.74, 6) is -0.0366. The van der Waals surface area contributed by atoms with Crippen LogP contribution in [0.15, 0.2) is 54.6 Å². The molecule has 1 fully saturated rings. The summed E-state index contributed by atoms with van der Waals surface area (Å²) in [6, 6.07) is 14.1. The first-order valence-electron chi connectivity index (χ1n) is 18.5. The van der Waals surface area contributed by atoms with Crippen molar-refractivity contribution >= 4 is 23.6 Å². The molecule has 4 rings (SSSR count). The van der Waals surface area contributed by atoms with Gasteiger partial charge in [-0.3, -0.25) is 19.2 Å². The third-order valence-electron chi connectivity index (χ3n) is 9.83. The minimum absolute atomic E-state index is 0.0566. The first-order valence-corrected chi connectivity index (χ1v) is 18.5. The van der Waals surface area contributed by atoms with E-state index in [0.717, 1.165) is 36.8 Å². The highest BCUT2D eigenvalue weighted by Gasteiger charge is 2.40. The number of para-hydroxylation sites is 1. The molecule has 1 saturated carbocycles. The van der Waals surface area contributed by atoms with Crippen molar-refractivity contribution in [3.63, 3.8) is 0 Å². The fourth-order valence-corrected chi connectivity index (χ4v) is 7.26. The Bertz CT molecular complexity index is 1410. The molecular formula is C40H58N4O6. The van der Waals surface area contributed by atoms with Gasteiger partial charge in [-0.05, 0) is 42.2 Å². The number of hydrogen-bond donors (Lipinski definition) is 4. The molecule has 1 aliphatic heterocycles. The zero-order valence-corrected chi connectivity index (χ0v) is 30.5. The third kappa shape index (κ3) is 11.3. The van der Waals surface area contributed by atoms with Crippen LogP contribution in [0.3, 0.4) is 0 Å². The van der Waals surface area contributed by atoms with E-state index in [4.69, 9.17) is 4.74 Å². The van der Waals surface area contributed by atoms with Crippen LogP contribution in [0.25, 0.3) is 0 Å². The average molecular weight is 691 g/mol. The Morgan fingerprint density at radius 1 is 0.880 bits per heavy atom. The zero-order chi connectivity index (χ0) is 36.2. The number of aliphatic hydroxyl groups is 1. The summed E-state index contributed by atoms with van der Waals surface area (Å²) in [6.07, 6.45) is 5.37. The number of nitrogens with zero attached hydrogens (tertiary/aromatic N) is 1. The maximum absolute atomic E-state index is 14.4. The van der Waals surface area contributed by atoms with Crippen molar-refractivity contribution in [1.82, 2.24) is 20.9 Å². The van der Waals surface area contributed by atoms with E-state index in [1.807, 2.05) is 82.3 Å². The van der Waals surface area contributed by atoms with E-state index in [1.54, 1.807) is 4.90 Å². The van der Waals surface area contributed by atoms with Crippen LogP contribution in [0.4, 0.5) is 0 Å². The van der Waals surface area contributed by atoms with E-state index in [1.165, 1.54) is 13.3 Å². The molecule has 50 heavy (non-hydrogen) atoms. The second-order valence-electron chi connectivity index (χ2n) is 15.0. The Kier molecular flexibility index (Phi) is 14.7. The predicted molar refractivity (Wildman–Crippen MR) is 194 cm³/mol. The van der Waals surface area contributed by atoms with Crippen molar-refractivity contribution < 1.29 is 29.0 Å². The number of fused-ring (bicyclic) bond motifs is 1. The molecule has 1 heterocycles. The molecule has 5 atom stereocenters. The van der Waals surface area contributed by atoms with Crippen molar-refractivity contribution in [3.05, 3.63) is 65.7 Å². The second kappa shape index (κ2) is 18.9. The summed E-state index contributed by atoms with van der Waals surface area (Å²) < 4.78 is 5.94. The highest BCUT2D eigenvalue weighted by molar-refractivity contribution is 5.92. The highest BCUT2D eigenvalue weighted by atomic mass is 16.5. The van der Waals surface area contributed by atoms with Crippen LogP contribution in [0.1, 0.15) is 103 Å². The first kappa shape index (κ1) is 38.9. The topological polar surface area (TPSA) is 137 Å². The predicted octanol–water partition coefficient (Wildman–Crippen LogP) is 5.09. The Morgan fingerprint density at radius 2 is 1.56 bits per heavy atom. The summed E-state index contributed by atoms with van der Waals surface area (Å²) in [4.78, 5) is 56.3. The quantitative estimate of drug-likeness (QED) is 0.183. The van der Waals surface area contributed by atoms with Gasteiger partial charge in [-0.15, -0.1) is 0 Å². The molecule has 4 N–H and O–H groups in total. The third-order valence-corrected chi connectivity index (χ3v) is 9.83. The zero-order valence-electron chi connectivity index (χ0n) is 30.5. The summed E-state index contributed by atoms with van der Waals surface area (Å²) in [7, 11) is 0. The summed E-state index contributed by atoms with van der Waals surface area (Å²) >= 11 is 0. The van der Waals surface area contributed by atoms with Gasteiger partial charge in [-0.1, -0.05) is 108 Å². The fraction of sp³-hybridized carbons (Fsp3) is 0.600. The van der Waals surface area contributed by atoms with Gasteiger partial charge in [0.2, 0.25) is 23.6 Å². The minimum atomic E-state index is -1.08. The molecule has 0 radical (unpaired) electrons. The van der Waals surface area contributed by atoms with Gasteiger partial charge < -0.3 is 30.7 Å². The van der Waals surface area contributed by atoms with Gasteiger partial charge in [0, 0.05) is 25.5 Å². The van der Waals surface area contributed by atoms with Crippen LogP contribution < -0.4 is 20.7 Å². The molecule has 4 amide bonds. The van der Waals surface area contributed by atoms with Gasteiger partial charge in [0.05, 0.1) is 24.6 Å². The van der Waals surface area contributed by atoms with Crippen LogP contribution in [0, 0.1) is 17.8 Å². The number of carbonyl (C=O) groups excluding carboxylic acids is 4. The molecule has 10 nitrogen and oxygen atoms in total. The van der Waals surface area contributed by atoms with Gasteiger partial charge >= 0.3 is 0 Å². The maximum atomic E-state index is 14.4. The van der Waals surface area contributed by atoms with Crippen molar-refractivity contribution in [2.45, 2.75) is 123 Å². The number of hydrogen-bond acceptors (Lipinski definition) is 6. The van der Waals surface area contributed by atoms with Crippen molar-refractivity contribution in [3.8, 4) is 5.75 Å². The van der Waals surface area contributed by atoms with Crippen LogP contribution in [-0.4, -0.2) is 71.0 Å². The van der Waals surface area contributed by atoms with E-state index < -0.39 is 42.1 Å². The van der Waals surface area contributed by atoms with Crippen LogP contribution in [-0.2, 0) is 25.6 Å². The lowest BCUT2D eigenvalue weighted by Gasteiger charge is -2.36. The van der Waals surface area contributed by atoms with E-state index in [2.05, 4.69) is 16.0 Å². The monoisotopic (exact) mass is 690 g/mol. The maximum Gasteiger partial charge on any atom is 0.243 e. The largest absolute Gasteiger partial charge is 0.491 e. The number of aliphatic hydroxyl groups excluding tert-OH is 1. The van der Waals surface area contributed by atoms with Crippen molar-refractivity contribution in [1.29, 1.82) is 0 Å². The Hall–Kier alpha value is -3.92. The fourth-order valence-electron chi connectivity index (χ4n) is 7.26. The number of rotatable bonds is 17. The molecule has 2 aromatic rings. The average Bonchev–Trinajstić information content (AvgIpc) is 3.50. The van der Waals surface area contributed by atoms with E-state index in [0.29, 0.717) is 31.1 Å². The van der Waals surface area contributed by atoms with Crippen molar-refractivity contribution in [2.75, 3.05) is 13.2 Å².